The number of hydrogen-bond acceptors (Lipinski definition) is 1. The highest BCUT2D eigenvalue weighted by Crippen LogP contribution is 2.27. The van der Waals surface area contributed by atoms with Gasteiger partial charge in [0.15, 0.2) is 0 Å². The first-order chi connectivity index (χ1) is 11.8. The van der Waals surface area contributed by atoms with E-state index in [4.69, 9.17) is 0 Å². The van der Waals surface area contributed by atoms with Crippen LogP contribution in [-0.4, -0.2) is 12.5 Å². The zero-order valence-corrected chi connectivity index (χ0v) is 21.1. The molecular weight excluding hydrogens is 330 g/mol. The van der Waals surface area contributed by atoms with E-state index in [1.54, 1.807) is 0 Å². The summed E-state index contributed by atoms with van der Waals surface area (Å²) < 4.78 is 0. The lowest BCUT2D eigenvalue weighted by Gasteiger charge is -2.22. The molecule has 0 saturated heterocycles. The molecule has 0 aliphatic carbocycles. The van der Waals surface area contributed by atoms with Gasteiger partial charge < -0.3 is 5.32 Å². The Hall–Kier alpha value is -0.530. The molecule has 0 aromatic heterocycles. The minimum atomic E-state index is 0.198. The molecule has 1 amide bonds. The molecule has 0 aromatic rings. The number of rotatable bonds is 7. The SMILES string of the molecule is CC(C)(C)CCCC(C)(C)C.CC(C)(C)CCCNC(=O)CCC(C)(C)C. The van der Waals surface area contributed by atoms with Crippen LogP contribution in [0.25, 0.3) is 0 Å². The molecule has 0 radical (unpaired) electrons. The second-order valence-corrected chi connectivity index (χ2v) is 13.0. The highest BCUT2D eigenvalue weighted by atomic mass is 16.1. The molecule has 0 aliphatic rings. The van der Waals surface area contributed by atoms with Crippen LogP contribution < -0.4 is 5.32 Å². The van der Waals surface area contributed by atoms with Crippen molar-refractivity contribution in [3.63, 3.8) is 0 Å². The number of carbonyl (C=O) groups is 1. The lowest BCUT2D eigenvalue weighted by Crippen LogP contribution is -2.26. The Labute approximate surface area is 172 Å². The Morgan fingerprint density at radius 2 is 0.889 bits per heavy atom. The van der Waals surface area contributed by atoms with Gasteiger partial charge in [0.1, 0.15) is 0 Å². The summed E-state index contributed by atoms with van der Waals surface area (Å²) in [5.41, 5.74) is 1.66. The maximum absolute atomic E-state index is 11.5. The number of nitrogens with one attached hydrogen (secondary N) is 1. The van der Waals surface area contributed by atoms with Crippen LogP contribution in [0, 0.1) is 21.7 Å². The van der Waals surface area contributed by atoms with Crippen molar-refractivity contribution in [1.82, 2.24) is 5.32 Å². The highest BCUT2D eigenvalue weighted by molar-refractivity contribution is 5.75. The number of carbonyl (C=O) groups excluding carboxylic acids is 1. The summed E-state index contributed by atoms with van der Waals surface area (Å²) in [4.78, 5) is 11.5. The Balaban J connectivity index is 0. The van der Waals surface area contributed by atoms with Gasteiger partial charge in [0, 0.05) is 13.0 Å². The third kappa shape index (κ3) is 30.4. The lowest BCUT2D eigenvalue weighted by molar-refractivity contribution is -0.121. The average molecular weight is 384 g/mol. The molecule has 2 nitrogen and oxygen atoms in total. The maximum Gasteiger partial charge on any atom is 0.220 e. The first-order valence-electron chi connectivity index (χ1n) is 11.1. The lowest BCUT2D eigenvalue weighted by atomic mass is 9.84. The molecule has 27 heavy (non-hydrogen) atoms. The van der Waals surface area contributed by atoms with E-state index in [0.29, 0.717) is 22.7 Å². The van der Waals surface area contributed by atoms with E-state index in [9.17, 15) is 4.79 Å². The van der Waals surface area contributed by atoms with Crippen LogP contribution >= 0.6 is 0 Å². The van der Waals surface area contributed by atoms with Crippen molar-refractivity contribution in [2.75, 3.05) is 6.54 Å². The van der Waals surface area contributed by atoms with E-state index < -0.39 is 0 Å². The molecule has 164 valence electrons. The van der Waals surface area contributed by atoms with Gasteiger partial charge in [-0.15, -0.1) is 0 Å². The Morgan fingerprint density at radius 3 is 1.22 bits per heavy atom. The van der Waals surface area contributed by atoms with E-state index in [1.165, 1.54) is 19.3 Å². The van der Waals surface area contributed by atoms with Crippen LogP contribution in [0.4, 0.5) is 0 Å². The van der Waals surface area contributed by atoms with E-state index in [-0.39, 0.29) is 11.3 Å². The van der Waals surface area contributed by atoms with Crippen molar-refractivity contribution in [3.05, 3.63) is 0 Å². The van der Waals surface area contributed by atoms with Crippen LogP contribution in [0.5, 0.6) is 0 Å². The fourth-order valence-electron chi connectivity index (χ4n) is 2.57. The molecular formula is C25H53NO. The maximum atomic E-state index is 11.5. The van der Waals surface area contributed by atoms with E-state index >= 15 is 0 Å². The third-order valence-electron chi connectivity index (χ3n) is 4.38. The molecule has 0 aromatic carbocycles. The first kappa shape index (κ1) is 28.7. The minimum absolute atomic E-state index is 0.198. The monoisotopic (exact) mass is 383 g/mol. The Bertz CT molecular complexity index is 369. The van der Waals surface area contributed by atoms with Gasteiger partial charge in [0.05, 0.1) is 0 Å². The second-order valence-electron chi connectivity index (χ2n) is 13.0. The standard InChI is InChI=1S/C14H29NO.C11H24/c1-13(2,3)9-7-11-15-12(16)8-10-14(4,5)6;1-10(2,3)8-7-9-11(4,5)6/h7-11H2,1-6H3,(H,15,16);7-9H2,1-6H3. The second kappa shape index (κ2) is 12.1. The zero-order chi connectivity index (χ0) is 21.9. The predicted molar refractivity (Wildman–Crippen MR) is 123 cm³/mol. The largest absolute Gasteiger partial charge is 0.356 e. The van der Waals surface area contributed by atoms with E-state index in [0.717, 1.165) is 25.8 Å². The zero-order valence-electron chi connectivity index (χ0n) is 21.1. The van der Waals surface area contributed by atoms with Gasteiger partial charge in [0.2, 0.25) is 5.91 Å². The topological polar surface area (TPSA) is 29.1 Å². The third-order valence-corrected chi connectivity index (χ3v) is 4.38. The molecule has 0 fully saturated rings. The summed E-state index contributed by atoms with van der Waals surface area (Å²) in [6.07, 6.45) is 7.91. The van der Waals surface area contributed by atoms with Gasteiger partial charge in [-0.3, -0.25) is 4.79 Å². The fraction of sp³-hybridized carbons (Fsp3) is 0.960. The minimum Gasteiger partial charge on any atom is -0.356 e. The average Bonchev–Trinajstić information content (AvgIpc) is 2.37. The Kier molecular flexibility index (Phi) is 12.9. The quantitative estimate of drug-likeness (QED) is 0.443. The molecule has 0 heterocycles. The fourth-order valence-corrected chi connectivity index (χ4v) is 2.57. The van der Waals surface area contributed by atoms with Crippen LogP contribution in [-0.2, 0) is 4.79 Å². The van der Waals surface area contributed by atoms with Crippen molar-refractivity contribution >= 4 is 5.91 Å². The predicted octanol–water partition coefficient (Wildman–Crippen LogP) is 8.00. The molecule has 0 aliphatic heterocycles. The van der Waals surface area contributed by atoms with Crippen molar-refractivity contribution in [2.24, 2.45) is 21.7 Å². The van der Waals surface area contributed by atoms with Crippen molar-refractivity contribution in [1.29, 1.82) is 0 Å². The van der Waals surface area contributed by atoms with Crippen LogP contribution in [0.15, 0.2) is 0 Å². The van der Waals surface area contributed by atoms with Crippen LogP contribution in [0.3, 0.4) is 0 Å². The number of hydrogen-bond donors (Lipinski definition) is 1. The van der Waals surface area contributed by atoms with Gasteiger partial charge in [-0.25, -0.2) is 0 Å². The smallest absolute Gasteiger partial charge is 0.220 e. The summed E-state index contributed by atoms with van der Waals surface area (Å²) in [6.45, 7) is 27.9. The molecule has 0 rings (SSSR count). The number of amides is 1. The molecule has 0 unspecified atom stereocenters. The molecule has 0 saturated carbocycles. The van der Waals surface area contributed by atoms with Gasteiger partial charge in [0.25, 0.3) is 0 Å². The molecule has 0 bridgehead atoms. The van der Waals surface area contributed by atoms with E-state index in [1.807, 2.05) is 0 Å². The van der Waals surface area contributed by atoms with Gasteiger partial charge in [-0.1, -0.05) is 89.5 Å². The van der Waals surface area contributed by atoms with Crippen molar-refractivity contribution < 1.29 is 4.79 Å². The molecule has 1 N–H and O–H groups in total. The summed E-state index contributed by atoms with van der Waals surface area (Å²) in [5, 5.41) is 2.99. The highest BCUT2D eigenvalue weighted by Gasteiger charge is 2.14. The first-order valence-corrected chi connectivity index (χ1v) is 11.1. The summed E-state index contributed by atoms with van der Waals surface area (Å²) in [7, 11) is 0. The van der Waals surface area contributed by atoms with E-state index in [2.05, 4.69) is 88.4 Å². The Morgan fingerprint density at radius 1 is 0.556 bits per heavy atom. The molecule has 2 heteroatoms. The normalized spacial score (nSPS) is 13.0. The summed E-state index contributed by atoms with van der Waals surface area (Å²) >= 11 is 0. The van der Waals surface area contributed by atoms with Gasteiger partial charge >= 0.3 is 0 Å². The summed E-state index contributed by atoms with van der Waals surface area (Å²) in [5.74, 6) is 0.198. The van der Waals surface area contributed by atoms with Crippen molar-refractivity contribution in [3.8, 4) is 0 Å². The van der Waals surface area contributed by atoms with Crippen LogP contribution in [0.1, 0.15) is 128 Å². The molecule has 0 atom stereocenters. The van der Waals surface area contributed by atoms with Crippen molar-refractivity contribution in [2.45, 2.75) is 128 Å². The van der Waals surface area contributed by atoms with Gasteiger partial charge in [-0.2, -0.15) is 0 Å². The van der Waals surface area contributed by atoms with Crippen LogP contribution in [0.2, 0.25) is 0 Å². The molecule has 0 spiro atoms. The van der Waals surface area contributed by atoms with Gasteiger partial charge in [-0.05, 0) is 53.8 Å². The summed E-state index contributed by atoms with van der Waals surface area (Å²) in [6, 6.07) is 0.